The van der Waals surface area contributed by atoms with E-state index in [1.165, 1.54) is 16.7 Å². The fraction of sp³-hybridized carbons (Fsp3) is 0.320. The zero-order valence-electron chi connectivity index (χ0n) is 18.8. The monoisotopic (exact) mass is 461 g/mol. The molecule has 33 heavy (non-hydrogen) atoms. The number of benzene rings is 2. The number of hydrazine groups is 1. The average molecular weight is 462 g/mol. The van der Waals surface area contributed by atoms with Crippen LogP contribution in [-0.4, -0.2) is 60.2 Å². The third-order valence-corrected chi connectivity index (χ3v) is 7.05. The molecular weight excluding hydrogens is 434 g/mol. The van der Waals surface area contributed by atoms with Crippen LogP contribution in [0, 0.1) is 18.3 Å². The molecule has 2 aliphatic heterocycles. The van der Waals surface area contributed by atoms with E-state index >= 15 is 0 Å². The highest BCUT2D eigenvalue weighted by atomic mass is 32.2. The molecule has 8 heteroatoms. The standard InChI is InChI=1S/C25H27N5O2S/c1-18-7-6-8-19(15-18)16-22-24(32)30(20-9-4-3-5-10-20)25(33-22)21(17-26)23(31)27-29-13-11-28(2)12-14-29/h3-10,15,22H,11-14,16H2,1-2H3,(H,27,31)/b25-21+/t22-/m0/s1. The highest BCUT2D eigenvalue weighted by molar-refractivity contribution is 8.05. The topological polar surface area (TPSA) is 79.7 Å². The molecule has 0 bridgehead atoms. The summed E-state index contributed by atoms with van der Waals surface area (Å²) in [5, 5.41) is 11.7. The van der Waals surface area contributed by atoms with E-state index in [0.717, 1.165) is 24.2 Å². The van der Waals surface area contributed by atoms with E-state index in [4.69, 9.17) is 0 Å². The summed E-state index contributed by atoms with van der Waals surface area (Å²) in [7, 11) is 2.04. The number of hydrogen-bond acceptors (Lipinski definition) is 6. The van der Waals surface area contributed by atoms with Gasteiger partial charge in [-0.05, 0) is 38.1 Å². The third kappa shape index (κ3) is 5.28. The molecule has 0 unspecified atom stereocenters. The van der Waals surface area contributed by atoms with Crippen molar-refractivity contribution in [1.82, 2.24) is 15.3 Å². The Labute approximate surface area is 198 Å². The van der Waals surface area contributed by atoms with Gasteiger partial charge in [-0.3, -0.25) is 19.9 Å². The molecule has 1 atom stereocenters. The molecule has 2 heterocycles. The molecule has 0 aliphatic carbocycles. The molecule has 2 fully saturated rings. The summed E-state index contributed by atoms with van der Waals surface area (Å²) in [4.78, 5) is 30.3. The number of likely N-dealkylation sites (N-methyl/N-ethyl adjacent to an activating group) is 1. The van der Waals surface area contributed by atoms with Crippen LogP contribution in [0.15, 0.2) is 65.2 Å². The Bertz CT molecular complexity index is 1100. The van der Waals surface area contributed by atoms with Crippen LogP contribution in [0.1, 0.15) is 11.1 Å². The van der Waals surface area contributed by atoms with Crippen molar-refractivity contribution in [2.24, 2.45) is 0 Å². The summed E-state index contributed by atoms with van der Waals surface area (Å²) < 4.78 is 0. The predicted octanol–water partition coefficient (Wildman–Crippen LogP) is 2.70. The smallest absolute Gasteiger partial charge is 0.278 e. The van der Waals surface area contributed by atoms with Gasteiger partial charge in [-0.1, -0.05) is 59.8 Å². The molecule has 2 amide bonds. The van der Waals surface area contributed by atoms with E-state index in [-0.39, 0.29) is 11.5 Å². The number of carbonyl (C=O) groups excluding carboxylic acids is 2. The number of thioether (sulfide) groups is 1. The summed E-state index contributed by atoms with van der Waals surface area (Å²) in [6.07, 6.45) is 0.525. The Hall–Kier alpha value is -3.12. The summed E-state index contributed by atoms with van der Waals surface area (Å²) >= 11 is 1.29. The van der Waals surface area contributed by atoms with E-state index in [0.29, 0.717) is 30.2 Å². The minimum Gasteiger partial charge on any atom is -0.304 e. The molecule has 170 valence electrons. The summed E-state index contributed by atoms with van der Waals surface area (Å²) in [6.45, 7) is 5.05. The summed E-state index contributed by atoms with van der Waals surface area (Å²) in [6, 6.07) is 19.3. The van der Waals surface area contributed by atoms with Gasteiger partial charge in [-0.25, -0.2) is 5.01 Å². The molecule has 0 radical (unpaired) electrons. The highest BCUT2D eigenvalue weighted by Crippen LogP contribution is 2.41. The number of para-hydroxylation sites is 1. The lowest BCUT2D eigenvalue weighted by atomic mass is 10.1. The molecule has 2 saturated heterocycles. The van der Waals surface area contributed by atoms with Gasteiger partial charge in [0.25, 0.3) is 5.91 Å². The number of nitrogens with zero attached hydrogens (tertiary/aromatic N) is 4. The first-order valence-electron chi connectivity index (χ1n) is 11.0. The fourth-order valence-corrected chi connectivity index (χ4v) is 5.28. The van der Waals surface area contributed by atoms with Gasteiger partial charge < -0.3 is 4.90 Å². The van der Waals surface area contributed by atoms with Crippen molar-refractivity contribution in [2.75, 3.05) is 38.1 Å². The second-order valence-corrected chi connectivity index (χ2v) is 9.52. The minimum atomic E-state index is -0.477. The van der Waals surface area contributed by atoms with Gasteiger partial charge in [0.2, 0.25) is 5.91 Å². The highest BCUT2D eigenvalue weighted by Gasteiger charge is 2.41. The van der Waals surface area contributed by atoms with Crippen molar-refractivity contribution >= 4 is 29.3 Å². The minimum absolute atomic E-state index is 0.0390. The number of aryl methyl sites for hydroxylation is 1. The number of hydrogen-bond donors (Lipinski definition) is 1. The quantitative estimate of drug-likeness (QED) is 0.545. The number of rotatable bonds is 5. The molecule has 0 saturated carbocycles. The normalized spacial score (nSPS) is 21.1. The predicted molar refractivity (Wildman–Crippen MR) is 130 cm³/mol. The summed E-state index contributed by atoms with van der Waals surface area (Å²) in [5.74, 6) is -0.600. The van der Waals surface area contributed by atoms with Crippen LogP contribution < -0.4 is 10.3 Å². The SMILES string of the molecule is Cc1cccc(C[C@@H]2S/C(=C(\C#N)C(=O)NN3CCN(C)CC3)N(c3ccccc3)C2=O)c1. The molecule has 1 N–H and O–H groups in total. The number of anilines is 1. The van der Waals surface area contributed by atoms with Gasteiger partial charge in [0, 0.05) is 31.9 Å². The van der Waals surface area contributed by atoms with Gasteiger partial charge in [0.1, 0.15) is 16.7 Å². The average Bonchev–Trinajstić information content (AvgIpc) is 3.12. The Morgan fingerprint density at radius 2 is 1.85 bits per heavy atom. The first kappa shape index (κ1) is 23.1. The maximum atomic E-state index is 13.5. The van der Waals surface area contributed by atoms with E-state index in [9.17, 15) is 14.9 Å². The van der Waals surface area contributed by atoms with Gasteiger partial charge in [0.05, 0.1) is 5.25 Å². The van der Waals surface area contributed by atoms with E-state index in [2.05, 4.69) is 22.5 Å². The fourth-order valence-electron chi connectivity index (χ4n) is 3.97. The Balaban J connectivity index is 1.64. The van der Waals surface area contributed by atoms with Crippen molar-refractivity contribution in [1.29, 1.82) is 5.26 Å². The van der Waals surface area contributed by atoms with Crippen molar-refractivity contribution in [3.63, 3.8) is 0 Å². The van der Waals surface area contributed by atoms with E-state index < -0.39 is 11.2 Å². The van der Waals surface area contributed by atoms with Crippen molar-refractivity contribution in [3.05, 3.63) is 76.3 Å². The van der Waals surface area contributed by atoms with Crippen LogP contribution in [-0.2, 0) is 16.0 Å². The van der Waals surface area contributed by atoms with Gasteiger partial charge in [0.15, 0.2) is 0 Å². The van der Waals surface area contributed by atoms with Crippen LogP contribution >= 0.6 is 11.8 Å². The first-order valence-corrected chi connectivity index (χ1v) is 11.8. The van der Waals surface area contributed by atoms with Gasteiger partial charge in [-0.15, -0.1) is 0 Å². The van der Waals surface area contributed by atoms with Crippen LogP contribution in [0.3, 0.4) is 0 Å². The molecule has 2 aromatic rings. The zero-order valence-corrected chi connectivity index (χ0v) is 19.6. The van der Waals surface area contributed by atoms with Gasteiger partial charge >= 0.3 is 0 Å². The lowest BCUT2D eigenvalue weighted by molar-refractivity contribution is -0.122. The number of nitriles is 1. The molecular formula is C25H27N5O2S. The first-order chi connectivity index (χ1) is 16.0. The third-order valence-electron chi connectivity index (χ3n) is 5.79. The van der Waals surface area contributed by atoms with Crippen LogP contribution in [0.2, 0.25) is 0 Å². The number of nitrogens with one attached hydrogen (secondary N) is 1. The maximum absolute atomic E-state index is 13.5. The van der Waals surface area contributed by atoms with Gasteiger partial charge in [-0.2, -0.15) is 5.26 Å². The largest absolute Gasteiger partial charge is 0.304 e. The second kappa shape index (κ2) is 10.2. The van der Waals surface area contributed by atoms with E-state index in [1.807, 2.05) is 67.5 Å². The Kier molecular flexibility index (Phi) is 7.14. The molecule has 2 aliphatic rings. The molecule has 7 nitrogen and oxygen atoms in total. The van der Waals surface area contributed by atoms with Crippen LogP contribution in [0.4, 0.5) is 5.69 Å². The van der Waals surface area contributed by atoms with Crippen molar-refractivity contribution in [2.45, 2.75) is 18.6 Å². The lowest BCUT2D eigenvalue weighted by Gasteiger charge is -2.32. The van der Waals surface area contributed by atoms with Crippen molar-refractivity contribution in [3.8, 4) is 6.07 Å². The molecule has 4 rings (SSSR count). The number of amides is 2. The van der Waals surface area contributed by atoms with Crippen LogP contribution in [0.25, 0.3) is 0 Å². The second-order valence-electron chi connectivity index (χ2n) is 8.33. The lowest BCUT2D eigenvalue weighted by Crippen LogP contribution is -2.53. The molecule has 0 spiro atoms. The maximum Gasteiger partial charge on any atom is 0.278 e. The number of carbonyl (C=O) groups is 2. The summed E-state index contributed by atoms with van der Waals surface area (Å²) in [5.41, 5.74) is 5.65. The molecule has 0 aromatic heterocycles. The Morgan fingerprint density at radius 3 is 2.52 bits per heavy atom. The van der Waals surface area contributed by atoms with Crippen LogP contribution in [0.5, 0.6) is 0 Å². The van der Waals surface area contributed by atoms with Crippen molar-refractivity contribution < 1.29 is 9.59 Å². The zero-order chi connectivity index (χ0) is 23.4. The number of piperazine rings is 1. The van der Waals surface area contributed by atoms with E-state index in [1.54, 1.807) is 0 Å². The molecule has 2 aromatic carbocycles. The Morgan fingerprint density at radius 1 is 1.12 bits per heavy atom.